The number of hydrogen-bond acceptors (Lipinski definition) is 2. The molecule has 1 aromatic rings. The van der Waals surface area contributed by atoms with Gasteiger partial charge in [0.15, 0.2) is 0 Å². The minimum atomic E-state index is -0.302. The maximum absolute atomic E-state index is 13.3. The molecule has 0 saturated carbocycles. The van der Waals surface area contributed by atoms with Crippen LogP contribution in [0.4, 0.5) is 0 Å². The monoisotopic (exact) mass is 286 g/mol. The first-order valence-electron chi connectivity index (χ1n) is 8.28. The fourth-order valence-corrected chi connectivity index (χ4v) is 3.91. The number of benzene rings is 1. The lowest BCUT2D eigenvalue weighted by molar-refractivity contribution is -0.140. The van der Waals surface area contributed by atoms with E-state index in [1.54, 1.807) is 0 Å². The lowest BCUT2D eigenvalue weighted by Crippen LogP contribution is -2.54. The number of piperidine rings is 2. The van der Waals surface area contributed by atoms with Gasteiger partial charge in [0.1, 0.15) is 0 Å². The summed E-state index contributed by atoms with van der Waals surface area (Å²) in [6.07, 6.45) is 4.24. The van der Waals surface area contributed by atoms with Crippen molar-refractivity contribution < 1.29 is 4.79 Å². The average molecular weight is 286 g/mol. The van der Waals surface area contributed by atoms with Crippen molar-refractivity contribution in [2.75, 3.05) is 26.2 Å². The van der Waals surface area contributed by atoms with E-state index >= 15 is 0 Å². The number of nitrogens with one attached hydrogen (secondary N) is 1. The highest BCUT2D eigenvalue weighted by Gasteiger charge is 2.43. The molecule has 3 rings (SSSR count). The van der Waals surface area contributed by atoms with E-state index in [4.69, 9.17) is 0 Å². The van der Waals surface area contributed by atoms with Crippen molar-refractivity contribution in [3.63, 3.8) is 0 Å². The summed E-state index contributed by atoms with van der Waals surface area (Å²) in [7, 11) is 0. The van der Waals surface area contributed by atoms with Crippen LogP contribution < -0.4 is 5.32 Å². The third-order valence-electron chi connectivity index (χ3n) is 5.14. The molecule has 2 aliphatic heterocycles. The van der Waals surface area contributed by atoms with Crippen LogP contribution in [0.25, 0.3) is 0 Å². The Balaban J connectivity index is 1.90. The molecule has 1 N–H and O–H groups in total. The minimum Gasteiger partial charge on any atom is -0.342 e. The lowest BCUT2D eigenvalue weighted by atomic mass is 9.71. The zero-order valence-corrected chi connectivity index (χ0v) is 13.0. The van der Waals surface area contributed by atoms with E-state index in [1.807, 2.05) is 6.07 Å². The highest BCUT2D eigenvalue weighted by Crippen LogP contribution is 2.36. The van der Waals surface area contributed by atoms with E-state index < -0.39 is 0 Å². The molecule has 0 aromatic heterocycles. The number of likely N-dealkylation sites (tertiary alicyclic amines) is 1. The molecular weight excluding hydrogens is 260 g/mol. The maximum atomic E-state index is 13.3. The van der Waals surface area contributed by atoms with Crippen molar-refractivity contribution in [2.45, 2.75) is 38.0 Å². The molecule has 2 fully saturated rings. The van der Waals surface area contributed by atoms with E-state index in [9.17, 15) is 4.79 Å². The number of nitrogens with zero attached hydrogens (tertiary/aromatic N) is 1. The van der Waals surface area contributed by atoms with Crippen LogP contribution in [-0.2, 0) is 10.2 Å². The van der Waals surface area contributed by atoms with Crippen LogP contribution in [0.5, 0.6) is 0 Å². The van der Waals surface area contributed by atoms with Gasteiger partial charge in [-0.1, -0.05) is 37.3 Å². The van der Waals surface area contributed by atoms with Crippen LogP contribution in [0.2, 0.25) is 0 Å². The summed E-state index contributed by atoms with van der Waals surface area (Å²) in [5, 5.41) is 3.41. The quantitative estimate of drug-likeness (QED) is 0.906. The van der Waals surface area contributed by atoms with Crippen LogP contribution in [0.3, 0.4) is 0 Å². The van der Waals surface area contributed by atoms with Gasteiger partial charge in [-0.15, -0.1) is 0 Å². The molecule has 2 saturated heterocycles. The van der Waals surface area contributed by atoms with Gasteiger partial charge in [-0.3, -0.25) is 4.79 Å². The number of rotatable bonds is 2. The molecule has 1 unspecified atom stereocenters. The Morgan fingerprint density at radius 1 is 1.24 bits per heavy atom. The Morgan fingerprint density at radius 3 is 2.62 bits per heavy atom. The van der Waals surface area contributed by atoms with E-state index in [0.29, 0.717) is 11.8 Å². The number of hydrogen-bond donors (Lipinski definition) is 1. The van der Waals surface area contributed by atoms with Gasteiger partial charge in [0.25, 0.3) is 0 Å². The smallest absolute Gasteiger partial charge is 0.233 e. The molecule has 0 radical (unpaired) electrons. The fraction of sp³-hybridized carbons (Fsp3) is 0.611. The van der Waals surface area contributed by atoms with Crippen LogP contribution >= 0.6 is 0 Å². The topological polar surface area (TPSA) is 32.3 Å². The standard InChI is InChI=1S/C18H26N2O/c1-15-6-5-13-20(14-15)17(21)18(9-11-19-12-10-18)16-7-3-2-4-8-16/h2-4,7-8,15,19H,5-6,9-14H2,1H3. The van der Waals surface area contributed by atoms with E-state index in [0.717, 1.165) is 45.4 Å². The van der Waals surface area contributed by atoms with Gasteiger partial charge >= 0.3 is 0 Å². The first kappa shape index (κ1) is 14.6. The Morgan fingerprint density at radius 2 is 1.95 bits per heavy atom. The lowest BCUT2D eigenvalue weighted by Gasteiger charge is -2.42. The average Bonchev–Trinajstić information content (AvgIpc) is 2.55. The van der Waals surface area contributed by atoms with Crippen molar-refractivity contribution in [1.82, 2.24) is 10.2 Å². The summed E-state index contributed by atoms with van der Waals surface area (Å²) in [4.78, 5) is 15.5. The zero-order valence-electron chi connectivity index (χ0n) is 13.0. The van der Waals surface area contributed by atoms with E-state index in [-0.39, 0.29) is 5.41 Å². The van der Waals surface area contributed by atoms with Gasteiger partial charge in [-0.25, -0.2) is 0 Å². The SMILES string of the molecule is CC1CCCN(C(=O)C2(c3ccccc3)CCNCC2)C1. The third kappa shape index (κ3) is 2.84. The van der Waals surface area contributed by atoms with Gasteiger partial charge in [0.2, 0.25) is 5.91 Å². The highest BCUT2D eigenvalue weighted by molar-refractivity contribution is 5.88. The van der Waals surface area contributed by atoms with Crippen molar-refractivity contribution in [3.8, 4) is 0 Å². The number of carbonyl (C=O) groups excluding carboxylic acids is 1. The molecule has 0 spiro atoms. The van der Waals surface area contributed by atoms with Gasteiger partial charge < -0.3 is 10.2 Å². The zero-order chi connectivity index (χ0) is 14.7. The summed E-state index contributed by atoms with van der Waals surface area (Å²) in [6, 6.07) is 10.4. The predicted molar refractivity (Wildman–Crippen MR) is 85.2 cm³/mol. The molecular formula is C18H26N2O. The largest absolute Gasteiger partial charge is 0.342 e. The summed E-state index contributed by atoms with van der Waals surface area (Å²) in [5.74, 6) is 0.999. The van der Waals surface area contributed by atoms with E-state index in [2.05, 4.69) is 41.4 Å². The predicted octanol–water partition coefficient (Wildman–Crippen LogP) is 2.57. The second-order valence-corrected chi connectivity index (χ2v) is 6.70. The van der Waals surface area contributed by atoms with Crippen molar-refractivity contribution in [3.05, 3.63) is 35.9 Å². The molecule has 1 atom stereocenters. The molecule has 2 aliphatic rings. The van der Waals surface area contributed by atoms with Gasteiger partial charge in [-0.2, -0.15) is 0 Å². The van der Waals surface area contributed by atoms with Crippen LogP contribution in [0.15, 0.2) is 30.3 Å². The molecule has 0 bridgehead atoms. The molecule has 0 aliphatic carbocycles. The summed E-state index contributed by atoms with van der Waals surface area (Å²) < 4.78 is 0. The van der Waals surface area contributed by atoms with Crippen molar-refractivity contribution >= 4 is 5.91 Å². The highest BCUT2D eigenvalue weighted by atomic mass is 16.2. The molecule has 114 valence electrons. The molecule has 1 amide bonds. The van der Waals surface area contributed by atoms with E-state index in [1.165, 1.54) is 12.0 Å². The van der Waals surface area contributed by atoms with Crippen LogP contribution in [0, 0.1) is 5.92 Å². The summed E-state index contributed by atoms with van der Waals surface area (Å²) in [6.45, 7) is 6.00. The molecule has 3 heteroatoms. The number of amides is 1. The maximum Gasteiger partial charge on any atom is 0.233 e. The normalized spacial score (nSPS) is 25.6. The minimum absolute atomic E-state index is 0.302. The number of carbonyl (C=O) groups is 1. The summed E-state index contributed by atoms with van der Waals surface area (Å²) in [5.41, 5.74) is 0.901. The Bertz CT molecular complexity index is 479. The van der Waals surface area contributed by atoms with Crippen LogP contribution in [-0.4, -0.2) is 37.0 Å². The first-order chi connectivity index (χ1) is 10.2. The molecule has 21 heavy (non-hydrogen) atoms. The van der Waals surface area contributed by atoms with Crippen molar-refractivity contribution in [2.24, 2.45) is 5.92 Å². The third-order valence-corrected chi connectivity index (χ3v) is 5.14. The summed E-state index contributed by atoms with van der Waals surface area (Å²) >= 11 is 0. The van der Waals surface area contributed by atoms with Crippen molar-refractivity contribution in [1.29, 1.82) is 0 Å². The first-order valence-corrected chi connectivity index (χ1v) is 8.28. The van der Waals surface area contributed by atoms with Gasteiger partial charge in [-0.05, 0) is 50.3 Å². The Labute approximate surface area is 127 Å². The molecule has 3 nitrogen and oxygen atoms in total. The van der Waals surface area contributed by atoms with Gasteiger partial charge in [0.05, 0.1) is 5.41 Å². The van der Waals surface area contributed by atoms with Gasteiger partial charge in [0, 0.05) is 13.1 Å². The Kier molecular flexibility index (Phi) is 4.29. The molecule has 1 aromatic carbocycles. The second kappa shape index (κ2) is 6.18. The fourth-order valence-electron chi connectivity index (χ4n) is 3.91. The second-order valence-electron chi connectivity index (χ2n) is 6.70. The Hall–Kier alpha value is -1.35. The van der Waals surface area contributed by atoms with Crippen LogP contribution in [0.1, 0.15) is 38.2 Å². The molecule has 2 heterocycles.